The van der Waals surface area contributed by atoms with E-state index in [1.165, 1.54) is 19.6 Å². The summed E-state index contributed by atoms with van der Waals surface area (Å²) in [6, 6.07) is 0.577. The Hall–Kier alpha value is -0.0800. The molecule has 0 saturated carbocycles. The first-order chi connectivity index (χ1) is 8.12. The molecule has 0 aromatic carbocycles. The predicted octanol–water partition coefficient (Wildman–Crippen LogP) is 3.62. The van der Waals surface area contributed by atoms with Crippen molar-refractivity contribution >= 4 is 0 Å². The van der Waals surface area contributed by atoms with E-state index in [2.05, 4.69) is 65.6 Å². The van der Waals surface area contributed by atoms with Gasteiger partial charge >= 0.3 is 0 Å². The van der Waals surface area contributed by atoms with Gasteiger partial charge in [-0.3, -0.25) is 0 Å². The molecule has 0 atom stereocenters. The van der Waals surface area contributed by atoms with Gasteiger partial charge in [0.05, 0.1) is 0 Å². The maximum absolute atomic E-state index is 3.57. The highest BCUT2D eigenvalue weighted by Gasteiger charge is 2.22. The third-order valence-corrected chi connectivity index (χ3v) is 2.89. The van der Waals surface area contributed by atoms with Crippen molar-refractivity contribution in [1.82, 2.24) is 10.2 Å². The number of nitrogens with one attached hydrogen (secondary N) is 1. The summed E-state index contributed by atoms with van der Waals surface area (Å²) >= 11 is 0. The lowest BCUT2D eigenvalue weighted by atomic mass is 9.91. The molecule has 0 heterocycles. The molecule has 0 unspecified atom stereocenters. The van der Waals surface area contributed by atoms with Gasteiger partial charge in [0.1, 0.15) is 0 Å². The van der Waals surface area contributed by atoms with Crippen LogP contribution in [0, 0.1) is 17.3 Å². The number of rotatable bonds is 9. The van der Waals surface area contributed by atoms with Crippen LogP contribution in [0.1, 0.15) is 55.4 Å². The Bertz CT molecular complexity index is 197. The first-order valence-corrected chi connectivity index (χ1v) is 7.58. The van der Waals surface area contributed by atoms with Crippen LogP contribution in [-0.2, 0) is 0 Å². The van der Waals surface area contributed by atoms with E-state index in [9.17, 15) is 0 Å². The highest BCUT2D eigenvalue weighted by atomic mass is 15.1. The summed E-state index contributed by atoms with van der Waals surface area (Å²) in [5.74, 6) is 1.50. The second kappa shape index (κ2) is 8.16. The van der Waals surface area contributed by atoms with E-state index in [4.69, 9.17) is 0 Å². The van der Waals surface area contributed by atoms with Crippen LogP contribution in [0.3, 0.4) is 0 Å². The zero-order valence-corrected chi connectivity index (χ0v) is 14.0. The summed E-state index contributed by atoms with van der Waals surface area (Å²) in [6.45, 7) is 23.1. The summed E-state index contributed by atoms with van der Waals surface area (Å²) in [6.07, 6.45) is 0. The molecule has 0 amide bonds. The van der Waals surface area contributed by atoms with Gasteiger partial charge in [0.15, 0.2) is 0 Å². The molecule has 2 nitrogen and oxygen atoms in total. The molecule has 0 aliphatic rings. The summed E-state index contributed by atoms with van der Waals surface area (Å²) in [5.41, 5.74) is 0.341. The van der Waals surface area contributed by atoms with Crippen molar-refractivity contribution in [3.63, 3.8) is 0 Å². The molecule has 0 bridgehead atoms. The third-order valence-electron chi connectivity index (χ3n) is 2.89. The van der Waals surface area contributed by atoms with E-state index in [0.29, 0.717) is 11.5 Å². The lowest BCUT2D eigenvalue weighted by Crippen LogP contribution is -2.44. The Morgan fingerprint density at radius 2 is 1.33 bits per heavy atom. The fraction of sp³-hybridized carbons (Fsp3) is 1.00. The molecule has 0 aliphatic carbocycles. The van der Waals surface area contributed by atoms with Crippen LogP contribution in [0.4, 0.5) is 0 Å². The number of hydrogen-bond donors (Lipinski definition) is 1. The van der Waals surface area contributed by atoms with Crippen LogP contribution >= 0.6 is 0 Å². The van der Waals surface area contributed by atoms with Gasteiger partial charge < -0.3 is 10.2 Å². The van der Waals surface area contributed by atoms with Crippen molar-refractivity contribution in [2.24, 2.45) is 17.3 Å². The summed E-state index contributed by atoms with van der Waals surface area (Å²) in [5, 5.41) is 3.57. The van der Waals surface area contributed by atoms with E-state index in [-0.39, 0.29) is 0 Å². The zero-order valence-electron chi connectivity index (χ0n) is 14.0. The average molecular weight is 256 g/mol. The quantitative estimate of drug-likeness (QED) is 0.678. The summed E-state index contributed by atoms with van der Waals surface area (Å²) < 4.78 is 0. The van der Waals surface area contributed by atoms with Crippen molar-refractivity contribution in [1.29, 1.82) is 0 Å². The van der Waals surface area contributed by atoms with Crippen molar-refractivity contribution < 1.29 is 0 Å². The molecular weight excluding hydrogens is 220 g/mol. The van der Waals surface area contributed by atoms with Crippen LogP contribution in [-0.4, -0.2) is 37.1 Å². The molecule has 0 fully saturated rings. The minimum atomic E-state index is 0.341. The van der Waals surface area contributed by atoms with Crippen molar-refractivity contribution in [3.8, 4) is 0 Å². The molecule has 18 heavy (non-hydrogen) atoms. The highest BCUT2D eigenvalue weighted by Crippen LogP contribution is 2.18. The van der Waals surface area contributed by atoms with Crippen molar-refractivity contribution in [2.45, 2.75) is 61.4 Å². The van der Waals surface area contributed by atoms with Gasteiger partial charge in [-0.25, -0.2) is 0 Å². The van der Waals surface area contributed by atoms with Crippen molar-refractivity contribution in [2.75, 3.05) is 26.2 Å². The van der Waals surface area contributed by atoms with Gasteiger partial charge in [0.25, 0.3) is 0 Å². The highest BCUT2D eigenvalue weighted by molar-refractivity contribution is 4.78. The fourth-order valence-electron chi connectivity index (χ4n) is 2.38. The van der Waals surface area contributed by atoms with Crippen LogP contribution in [0.2, 0.25) is 0 Å². The molecule has 0 aliphatic heterocycles. The Kier molecular flexibility index (Phi) is 8.13. The summed E-state index contributed by atoms with van der Waals surface area (Å²) in [7, 11) is 0. The minimum Gasteiger partial charge on any atom is -0.314 e. The van der Waals surface area contributed by atoms with Gasteiger partial charge in [-0.2, -0.15) is 0 Å². The first kappa shape index (κ1) is 17.9. The zero-order chi connectivity index (χ0) is 14.3. The van der Waals surface area contributed by atoms with Gasteiger partial charge in [0.2, 0.25) is 0 Å². The summed E-state index contributed by atoms with van der Waals surface area (Å²) in [4.78, 5) is 2.64. The molecule has 0 radical (unpaired) electrons. The molecule has 0 rings (SSSR count). The largest absolute Gasteiger partial charge is 0.314 e. The number of hydrogen-bond acceptors (Lipinski definition) is 2. The lowest BCUT2D eigenvalue weighted by molar-refractivity contribution is 0.143. The van der Waals surface area contributed by atoms with E-state index in [0.717, 1.165) is 18.4 Å². The van der Waals surface area contributed by atoms with Crippen molar-refractivity contribution in [3.05, 3.63) is 0 Å². The maximum atomic E-state index is 3.57. The molecular formula is C16H36N2. The molecule has 0 spiro atoms. The molecule has 0 aromatic rings. The average Bonchev–Trinajstić information content (AvgIpc) is 2.11. The molecule has 1 N–H and O–H groups in total. The third kappa shape index (κ3) is 9.90. The topological polar surface area (TPSA) is 15.3 Å². The Labute approximate surface area is 116 Å². The Morgan fingerprint density at radius 3 is 1.67 bits per heavy atom. The van der Waals surface area contributed by atoms with E-state index in [1.54, 1.807) is 0 Å². The normalized spacial score (nSPS) is 13.3. The second-order valence-electron chi connectivity index (χ2n) is 7.68. The van der Waals surface area contributed by atoms with Crippen LogP contribution in [0.15, 0.2) is 0 Å². The minimum absolute atomic E-state index is 0.341. The maximum Gasteiger partial charge on any atom is 0.00451 e. The van der Waals surface area contributed by atoms with E-state index < -0.39 is 0 Å². The van der Waals surface area contributed by atoms with Crippen LogP contribution < -0.4 is 5.32 Å². The fourth-order valence-corrected chi connectivity index (χ4v) is 2.38. The monoisotopic (exact) mass is 256 g/mol. The first-order valence-electron chi connectivity index (χ1n) is 7.58. The predicted molar refractivity (Wildman–Crippen MR) is 83.0 cm³/mol. The molecule has 110 valence electrons. The van der Waals surface area contributed by atoms with Gasteiger partial charge in [-0.15, -0.1) is 0 Å². The Balaban J connectivity index is 4.34. The molecule has 2 heteroatoms. The van der Waals surface area contributed by atoms with E-state index in [1.807, 2.05) is 0 Å². The van der Waals surface area contributed by atoms with Crippen LogP contribution in [0.25, 0.3) is 0 Å². The second-order valence-corrected chi connectivity index (χ2v) is 7.68. The Morgan fingerprint density at radius 1 is 0.889 bits per heavy atom. The smallest absolute Gasteiger partial charge is 0.00451 e. The van der Waals surface area contributed by atoms with Gasteiger partial charge in [0, 0.05) is 32.2 Å². The van der Waals surface area contributed by atoms with E-state index >= 15 is 0 Å². The molecule has 0 saturated heterocycles. The number of nitrogens with zero attached hydrogens (tertiary/aromatic N) is 1. The van der Waals surface area contributed by atoms with Gasteiger partial charge in [-0.05, 0) is 17.3 Å². The van der Waals surface area contributed by atoms with Crippen LogP contribution in [0.5, 0.6) is 0 Å². The van der Waals surface area contributed by atoms with Gasteiger partial charge in [-0.1, -0.05) is 55.4 Å². The SMILES string of the molecule is CC(C)CN(CC(C)C)CC(C)(C)CNC(C)C. The standard InChI is InChI=1S/C16H36N2/c1-13(2)9-18(10-14(3)4)12-16(7,8)11-17-15(5)6/h13-15,17H,9-12H2,1-8H3. The lowest BCUT2D eigenvalue weighted by Gasteiger charge is -2.35. The molecule has 0 aromatic heterocycles.